The minimum atomic E-state index is 0.118. The third-order valence-electron chi connectivity index (χ3n) is 6.54. The molecule has 1 spiro atoms. The first-order valence-electron chi connectivity index (χ1n) is 10.1. The van der Waals surface area contributed by atoms with Crippen LogP contribution in [0, 0.1) is 0 Å². The van der Waals surface area contributed by atoms with E-state index >= 15 is 0 Å². The van der Waals surface area contributed by atoms with Crippen molar-refractivity contribution in [2.45, 2.75) is 75.4 Å². The molecule has 2 saturated carbocycles. The highest BCUT2D eigenvalue weighted by molar-refractivity contribution is 5.90. The standard InChI is InChI=1S/C20H28N6/c21-15-4-6-16(7-5-15)24-19-23-11-14-10-17-12-22-13-20(8-2-1-3-9-20)26(17)18(14)25-19/h10-12,15-16H,1-9,13,21H2,(H,23,24,25). The van der Waals surface area contributed by atoms with Gasteiger partial charge >= 0.3 is 0 Å². The number of aliphatic imine (C=N–C) groups is 1. The predicted octanol–water partition coefficient (Wildman–Crippen LogP) is 3.21. The van der Waals surface area contributed by atoms with Crippen LogP contribution in [-0.4, -0.2) is 39.4 Å². The van der Waals surface area contributed by atoms with E-state index in [0.717, 1.165) is 49.2 Å². The number of nitrogens with two attached hydrogens (primary N) is 1. The largest absolute Gasteiger partial charge is 0.351 e. The van der Waals surface area contributed by atoms with Crippen molar-refractivity contribution in [2.24, 2.45) is 10.7 Å². The van der Waals surface area contributed by atoms with Crippen molar-refractivity contribution in [3.63, 3.8) is 0 Å². The third kappa shape index (κ3) is 2.71. The van der Waals surface area contributed by atoms with Gasteiger partial charge in [0.25, 0.3) is 0 Å². The van der Waals surface area contributed by atoms with E-state index in [1.807, 2.05) is 12.4 Å². The van der Waals surface area contributed by atoms with Crippen LogP contribution in [0.15, 0.2) is 17.3 Å². The van der Waals surface area contributed by atoms with Crippen LogP contribution in [0.2, 0.25) is 0 Å². The number of anilines is 1. The molecule has 2 aromatic heterocycles. The van der Waals surface area contributed by atoms with Gasteiger partial charge in [0.05, 0.1) is 17.8 Å². The Kier molecular flexibility index (Phi) is 3.96. The van der Waals surface area contributed by atoms with Gasteiger partial charge in [-0.15, -0.1) is 0 Å². The summed E-state index contributed by atoms with van der Waals surface area (Å²) in [7, 11) is 0. The molecule has 3 aliphatic rings. The zero-order valence-corrected chi connectivity index (χ0v) is 15.3. The zero-order chi connectivity index (χ0) is 17.6. The number of nitrogens with one attached hydrogen (secondary N) is 1. The van der Waals surface area contributed by atoms with E-state index in [1.54, 1.807) is 0 Å². The van der Waals surface area contributed by atoms with Crippen molar-refractivity contribution in [3.05, 3.63) is 18.0 Å². The number of aromatic nitrogens is 3. The highest BCUT2D eigenvalue weighted by Crippen LogP contribution is 2.40. The number of nitrogens with zero attached hydrogens (tertiary/aromatic N) is 4. The Morgan fingerprint density at radius 1 is 1.12 bits per heavy atom. The molecule has 2 aliphatic carbocycles. The summed E-state index contributed by atoms with van der Waals surface area (Å²) < 4.78 is 2.47. The summed E-state index contributed by atoms with van der Waals surface area (Å²) in [6.45, 7) is 0.886. The summed E-state index contributed by atoms with van der Waals surface area (Å²) in [4.78, 5) is 14.2. The van der Waals surface area contributed by atoms with Gasteiger partial charge in [-0.25, -0.2) is 4.98 Å². The molecule has 0 bridgehead atoms. The van der Waals surface area contributed by atoms with Crippen LogP contribution < -0.4 is 11.1 Å². The van der Waals surface area contributed by atoms with Crippen molar-refractivity contribution in [1.29, 1.82) is 0 Å². The predicted molar refractivity (Wildman–Crippen MR) is 105 cm³/mol. The molecule has 6 nitrogen and oxygen atoms in total. The molecule has 0 radical (unpaired) electrons. The van der Waals surface area contributed by atoms with E-state index < -0.39 is 0 Å². The van der Waals surface area contributed by atoms with Gasteiger partial charge in [0.2, 0.25) is 5.95 Å². The molecule has 0 amide bonds. The van der Waals surface area contributed by atoms with Crippen LogP contribution in [0.25, 0.3) is 11.0 Å². The van der Waals surface area contributed by atoms with Gasteiger partial charge in [0.15, 0.2) is 0 Å². The molecule has 0 saturated heterocycles. The number of fused-ring (bicyclic) bond motifs is 4. The van der Waals surface area contributed by atoms with Gasteiger partial charge in [0.1, 0.15) is 5.65 Å². The second-order valence-electron chi connectivity index (χ2n) is 8.39. The molecule has 0 unspecified atom stereocenters. The van der Waals surface area contributed by atoms with E-state index in [0.29, 0.717) is 12.1 Å². The van der Waals surface area contributed by atoms with Crippen LogP contribution in [0.5, 0.6) is 0 Å². The minimum absolute atomic E-state index is 0.118. The smallest absolute Gasteiger partial charge is 0.224 e. The average molecular weight is 352 g/mol. The van der Waals surface area contributed by atoms with Crippen molar-refractivity contribution in [3.8, 4) is 0 Å². The molecule has 0 atom stereocenters. The quantitative estimate of drug-likeness (QED) is 0.869. The molecule has 3 heterocycles. The Labute approximate surface area is 154 Å². The summed E-state index contributed by atoms with van der Waals surface area (Å²) in [6.07, 6.45) is 14.7. The van der Waals surface area contributed by atoms with Crippen molar-refractivity contribution in [1.82, 2.24) is 14.5 Å². The highest BCUT2D eigenvalue weighted by atomic mass is 15.2. The number of hydrogen-bond acceptors (Lipinski definition) is 5. The Bertz CT molecular complexity index is 824. The summed E-state index contributed by atoms with van der Waals surface area (Å²) in [6, 6.07) is 2.99. The van der Waals surface area contributed by atoms with Crippen LogP contribution in [0.1, 0.15) is 63.5 Å². The molecular formula is C20H28N6. The maximum Gasteiger partial charge on any atom is 0.224 e. The van der Waals surface area contributed by atoms with Crippen molar-refractivity contribution >= 4 is 23.2 Å². The highest BCUT2D eigenvalue weighted by Gasteiger charge is 2.38. The lowest BCUT2D eigenvalue weighted by Gasteiger charge is -2.40. The first-order valence-corrected chi connectivity index (χ1v) is 10.1. The van der Waals surface area contributed by atoms with E-state index in [1.165, 1.54) is 37.8 Å². The Hall–Kier alpha value is -1.95. The molecular weight excluding hydrogens is 324 g/mol. The first-order chi connectivity index (χ1) is 12.7. The van der Waals surface area contributed by atoms with Crippen LogP contribution in [0.3, 0.4) is 0 Å². The third-order valence-corrected chi connectivity index (χ3v) is 6.54. The lowest BCUT2D eigenvalue weighted by molar-refractivity contribution is 0.204. The van der Waals surface area contributed by atoms with Gasteiger partial charge < -0.3 is 15.6 Å². The molecule has 2 aromatic rings. The number of rotatable bonds is 2. The number of hydrogen-bond donors (Lipinski definition) is 2. The Morgan fingerprint density at radius 3 is 2.73 bits per heavy atom. The minimum Gasteiger partial charge on any atom is -0.351 e. The second kappa shape index (κ2) is 6.34. The van der Waals surface area contributed by atoms with Crippen LogP contribution >= 0.6 is 0 Å². The fourth-order valence-corrected chi connectivity index (χ4v) is 5.09. The lowest BCUT2D eigenvalue weighted by atomic mass is 9.80. The molecule has 0 aromatic carbocycles. The van der Waals surface area contributed by atoms with E-state index in [-0.39, 0.29) is 5.54 Å². The fourth-order valence-electron chi connectivity index (χ4n) is 5.09. The molecule has 2 fully saturated rings. The van der Waals surface area contributed by atoms with Gasteiger partial charge in [-0.05, 0) is 44.6 Å². The van der Waals surface area contributed by atoms with Crippen molar-refractivity contribution in [2.75, 3.05) is 11.9 Å². The maximum atomic E-state index is 6.03. The van der Waals surface area contributed by atoms with Gasteiger partial charge in [-0.3, -0.25) is 4.99 Å². The summed E-state index contributed by atoms with van der Waals surface area (Å²) in [5.74, 6) is 0.757. The monoisotopic (exact) mass is 352 g/mol. The first kappa shape index (κ1) is 16.2. The Balaban J connectivity index is 1.50. The Morgan fingerprint density at radius 2 is 1.92 bits per heavy atom. The molecule has 6 heteroatoms. The van der Waals surface area contributed by atoms with Crippen LogP contribution in [0.4, 0.5) is 5.95 Å². The van der Waals surface area contributed by atoms with Gasteiger partial charge in [0, 0.05) is 29.9 Å². The van der Waals surface area contributed by atoms with E-state index in [2.05, 4.69) is 20.9 Å². The van der Waals surface area contributed by atoms with Crippen LogP contribution in [-0.2, 0) is 5.54 Å². The summed E-state index contributed by atoms with van der Waals surface area (Å²) in [5.41, 5.74) is 8.40. The summed E-state index contributed by atoms with van der Waals surface area (Å²) in [5, 5.41) is 4.68. The van der Waals surface area contributed by atoms with Gasteiger partial charge in [-0.2, -0.15) is 4.98 Å². The topological polar surface area (TPSA) is 81.1 Å². The SMILES string of the molecule is NC1CCC(Nc2ncc3cc4n(c3n2)C2(CCCCC2)CN=C4)CC1. The lowest BCUT2D eigenvalue weighted by Crippen LogP contribution is -2.42. The molecule has 1 aliphatic heterocycles. The normalized spacial score (nSPS) is 27.6. The van der Waals surface area contributed by atoms with E-state index in [9.17, 15) is 0 Å². The molecule has 138 valence electrons. The second-order valence-corrected chi connectivity index (χ2v) is 8.39. The molecule has 3 N–H and O–H groups in total. The fraction of sp³-hybridized carbons (Fsp3) is 0.650. The summed E-state index contributed by atoms with van der Waals surface area (Å²) >= 11 is 0. The maximum absolute atomic E-state index is 6.03. The molecule has 26 heavy (non-hydrogen) atoms. The van der Waals surface area contributed by atoms with Gasteiger partial charge in [-0.1, -0.05) is 19.3 Å². The zero-order valence-electron chi connectivity index (χ0n) is 15.3. The van der Waals surface area contributed by atoms with Crippen molar-refractivity contribution < 1.29 is 0 Å². The molecule has 5 rings (SSSR count). The average Bonchev–Trinajstić information content (AvgIpc) is 3.04. The van der Waals surface area contributed by atoms with E-state index in [4.69, 9.17) is 15.7 Å².